The van der Waals surface area contributed by atoms with Gasteiger partial charge >= 0.3 is 5.97 Å². The largest absolute Gasteiger partial charge is 0.496 e. The number of likely N-dealkylation sites (N-methyl/N-ethyl adjacent to an activating group) is 1. The number of methoxy groups -OCH3 is 1. The normalized spacial score (nSPS) is 21.4. The highest BCUT2D eigenvalue weighted by atomic mass is 16.5. The van der Waals surface area contributed by atoms with E-state index < -0.39 is 5.97 Å². The van der Waals surface area contributed by atoms with Crippen LogP contribution < -0.4 is 15.3 Å². The summed E-state index contributed by atoms with van der Waals surface area (Å²) in [6, 6.07) is 6.51. The molecule has 1 aromatic carbocycles. The molecule has 0 amide bonds. The number of aromatic nitrogens is 2. The number of nitrogens with zero attached hydrogens (tertiary/aromatic N) is 2. The molecule has 0 radical (unpaired) electrons. The third-order valence-corrected chi connectivity index (χ3v) is 8.96. The summed E-state index contributed by atoms with van der Waals surface area (Å²) in [4.78, 5) is 31.2. The molecule has 2 aliphatic carbocycles. The molecule has 200 valence electrons. The van der Waals surface area contributed by atoms with Gasteiger partial charge in [-0.1, -0.05) is 25.3 Å². The number of hydrogen-bond acceptors (Lipinski definition) is 4. The van der Waals surface area contributed by atoms with Crippen molar-refractivity contribution >= 4 is 34.4 Å². The van der Waals surface area contributed by atoms with Crippen LogP contribution in [0.15, 0.2) is 24.4 Å². The molecule has 3 aliphatic rings. The van der Waals surface area contributed by atoms with Crippen molar-refractivity contribution in [2.75, 3.05) is 27.7 Å². The summed E-state index contributed by atoms with van der Waals surface area (Å²) in [7, 11) is 5.58. The predicted molar refractivity (Wildman–Crippen MR) is 148 cm³/mol. The summed E-state index contributed by atoms with van der Waals surface area (Å²) in [5, 5.41) is 12.7. The minimum absolute atomic E-state index is 0.120. The van der Waals surface area contributed by atoms with Crippen LogP contribution >= 0.6 is 0 Å². The Balaban J connectivity index is 1.69. The van der Waals surface area contributed by atoms with Crippen LogP contribution in [0.4, 0.5) is 0 Å². The number of nitrogens with one attached hydrogen (secondary N) is 1. The number of carboxylic acid groups (broad SMARTS) is 1. The highest BCUT2D eigenvalue weighted by Gasteiger charge is 2.39. The number of aromatic carboxylic acids is 1. The molecule has 2 atom stereocenters. The van der Waals surface area contributed by atoms with Crippen molar-refractivity contribution in [1.29, 1.82) is 0 Å². The van der Waals surface area contributed by atoms with Gasteiger partial charge in [0, 0.05) is 45.9 Å². The molecule has 2 fully saturated rings. The zero-order chi connectivity index (χ0) is 26.6. The van der Waals surface area contributed by atoms with E-state index in [1.807, 2.05) is 25.2 Å². The molecule has 38 heavy (non-hydrogen) atoms. The maximum Gasteiger partial charge on any atom is 0.337 e. The fourth-order valence-corrected chi connectivity index (χ4v) is 7.32. The molecule has 3 heterocycles. The van der Waals surface area contributed by atoms with E-state index in [4.69, 9.17) is 4.74 Å². The number of Topliss-reactive ketones (excluding diaryl/α,β-unsaturated/α-hetero) is 1. The average molecular weight is 516 g/mol. The van der Waals surface area contributed by atoms with Crippen LogP contribution in [0.2, 0.25) is 0 Å². The fraction of sp³-hybridized carbons (Fsp3) is 0.484. The topological polar surface area (TPSA) is 87.6 Å². The standard InChI is InChI=1S/C31H37N3O4/c1-33(2)17-26(35)20-10-7-11-21-28(20)25-14-22-27(38-3)13-12-19(18-8-5-4-6-9-18)30(22)34(25)16-24-23(31(36)37)15-32-29(21)24/h12-16,18,20,28,32H,4-11,17H2,1-3H3,(H,36,37)/t20?,28-/m0/s1. The highest BCUT2D eigenvalue weighted by Crippen LogP contribution is 2.47. The van der Waals surface area contributed by atoms with Crippen molar-refractivity contribution < 1.29 is 19.4 Å². The Morgan fingerprint density at radius 1 is 1.13 bits per heavy atom. The van der Waals surface area contributed by atoms with Crippen molar-refractivity contribution in [3.63, 3.8) is 0 Å². The number of H-pyrrole nitrogens is 1. The quantitative estimate of drug-likeness (QED) is 0.514. The van der Waals surface area contributed by atoms with Gasteiger partial charge < -0.3 is 24.3 Å². The molecule has 6 rings (SSSR count). The van der Waals surface area contributed by atoms with Gasteiger partial charge in [-0.15, -0.1) is 0 Å². The number of ketones is 1. The molecule has 1 aliphatic heterocycles. The second-order valence-electron chi connectivity index (χ2n) is 11.5. The van der Waals surface area contributed by atoms with Crippen LogP contribution in [0.5, 0.6) is 5.75 Å². The number of rotatable bonds is 6. The lowest BCUT2D eigenvalue weighted by Crippen LogP contribution is -2.37. The average Bonchev–Trinajstić information content (AvgIpc) is 3.47. The first kappa shape index (κ1) is 25.0. The first-order chi connectivity index (χ1) is 18.4. The predicted octanol–water partition coefficient (Wildman–Crippen LogP) is 4.19. The monoisotopic (exact) mass is 515 g/mol. The number of carbonyl (C=O) groups is 2. The molecule has 0 saturated heterocycles. The van der Waals surface area contributed by atoms with E-state index in [-0.39, 0.29) is 23.2 Å². The molecule has 2 saturated carbocycles. The van der Waals surface area contributed by atoms with Gasteiger partial charge in [0.1, 0.15) is 5.75 Å². The smallest absolute Gasteiger partial charge is 0.337 e. The molecule has 3 aromatic rings. The van der Waals surface area contributed by atoms with Crippen LogP contribution in [0.1, 0.15) is 84.8 Å². The van der Waals surface area contributed by atoms with E-state index >= 15 is 0 Å². The SMILES string of the molecule is COc1ccc(C2CCCCC2)c2c1cc1n2C=c2c(C(=O)O)c[nH]c2=C2CCCC(C(=O)CN(C)C)[C@@H]21. The Bertz CT molecular complexity index is 1540. The molecular weight excluding hydrogens is 478 g/mol. The van der Waals surface area contributed by atoms with Gasteiger partial charge in [0.2, 0.25) is 0 Å². The highest BCUT2D eigenvalue weighted by molar-refractivity contribution is 5.95. The first-order valence-corrected chi connectivity index (χ1v) is 13.9. The van der Waals surface area contributed by atoms with Crippen molar-refractivity contribution in [2.24, 2.45) is 5.92 Å². The number of hydrogen-bond donors (Lipinski definition) is 2. The molecular formula is C31H37N3O4. The zero-order valence-electron chi connectivity index (χ0n) is 22.5. The summed E-state index contributed by atoms with van der Waals surface area (Å²) in [6.07, 6.45) is 12.2. The molecule has 1 unspecified atom stereocenters. The third-order valence-electron chi connectivity index (χ3n) is 8.96. The van der Waals surface area contributed by atoms with Crippen LogP contribution in [0, 0.1) is 5.92 Å². The van der Waals surface area contributed by atoms with Crippen molar-refractivity contribution in [1.82, 2.24) is 14.5 Å². The lowest BCUT2D eigenvalue weighted by atomic mass is 9.72. The van der Waals surface area contributed by atoms with Gasteiger partial charge in [-0.2, -0.15) is 0 Å². The Morgan fingerprint density at radius 3 is 2.63 bits per heavy atom. The number of carboxylic acids is 1. The van der Waals surface area contributed by atoms with Crippen LogP contribution in [-0.4, -0.2) is 59.1 Å². The van der Waals surface area contributed by atoms with Crippen LogP contribution in [0.3, 0.4) is 0 Å². The van der Waals surface area contributed by atoms with Crippen molar-refractivity contribution in [3.05, 3.63) is 51.8 Å². The molecule has 2 N–H and O–H groups in total. The Hall–Kier alpha value is -3.32. The van der Waals surface area contributed by atoms with E-state index in [1.54, 1.807) is 13.3 Å². The molecule has 2 aromatic heterocycles. The van der Waals surface area contributed by atoms with Crippen molar-refractivity contribution in [3.8, 4) is 5.75 Å². The molecule has 0 spiro atoms. The third kappa shape index (κ3) is 3.99. The van der Waals surface area contributed by atoms with Crippen LogP contribution in [0.25, 0.3) is 22.7 Å². The van der Waals surface area contributed by atoms with Gasteiger partial charge in [-0.05, 0) is 75.4 Å². The Labute approximate surface area is 222 Å². The number of ether oxygens (including phenoxy) is 1. The summed E-state index contributed by atoms with van der Waals surface area (Å²) < 4.78 is 8.07. The second kappa shape index (κ2) is 9.77. The van der Waals surface area contributed by atoms with Gasteiger partial charge in [-0.25, -0.2) is 4.79 Å². The number of benzene rings is 1. The minimum atomic E-state index is -0.947. The lowest BCUT2D eigenvalue weighted by Gasteiger charge is -2.33. The maximum atomic E-state index is 13.7. The summed E-state index contributed by atoms with van der Waals surface area (Å²) >= 11 is 0. The summed E-state index contributed by atoms with van der Waals surface area (Å²) in [5.41, 5.74) is 4.87. The van der Waals surface area contributed by atoms with E-state index in [2.05, 4.69) is 27.8 Å². The number of carbonyl (C=O) groups excluding carboxylic acids is 1. The Morgan fingerprint density at radius 2 is 1.92 bits per heavy atom. The molecule has 7 nitrogen and oxygen atoms in total. The van der Waals surface area contributed by atoms with E-state index in [9.17, 15) is 14.7 Å². The lowest BCUT2D eigenvalue weighted by molar-refractivity contribution is -0.124. The van der Waals surface area contributed by atoms with Gasteiger partial charge in [0.15, 0.2) is 5.78 Å². The van der Waals surface area contributed by atoms with E-state index in [0.717, 1.165) is 65.4 Å². The van der Waals surface area contributed by atoms with Crippen LogP contribution in [-0.2, 0) is 4.79 Å². The molecule has 0 bridgehead atoms. The molecule has 7 heteroatoms. The van der Waals surface area contributed by atoms with E-state index in [0.29, 0.717) is 17.7 Å². The van der Waals surface area contributed by atoms with Gasteiger partial charge in [0.05, 0.1) is 24.7 Å². The van der Waals surface area contributed by atoms with Crippen molar-refractivity contribution in [2.45, 2.75) is 63.2 Å². The number of fused-ring (bicyclic) bond motifs is 6. The maximum absolute atomic E-state index is 13.7. The Kier molecular flexibility index (Phi) is 6.42. The van der Waals surface area contributed by atoms with Gasteiger partial charge in [0.25, 0.3) is 0 Å². The van der Waals surface area contributed by atoms with Gasteiger partial charge in [-0.3, -0.25) is 4.79 Å². The second-order valence-corrected chi connectivity index (χ2v) is 11.5. The number of aromatic amines is 1. The summed E-state index contributed by atoms with van der Waals surface area (Å²) in [5.74, 6) is 0.279. The minimum Gasteiger partial charge on any atom is -0.496 e. The first-order valence-electron chi connectivity index (χ1n) is 13.9. The summed E-state index contributed by atoms with van der Waals surface area (Å²) in [6.45, 7) is 0.396. The van der Waals surface area contributed by atoms with E-state index in [1.165, 1.54) is 24.8 Å². The zero-order valence-corrected chi connectivity index (χ0v) is 22.5. The fourth-order valence-electron chi connectivity index (χ4n) is 7.32.